The monoisotopic (exact) mass is 391 g/mol. The van der Waals surface area contributed by atoms with Crippen molar-refractivity contribution in [2.75, 3.05) is 0 Å². The third-order valence-corrected chi connectivity index (χ3v) is 6.37. The summed E-state index contributed by atoms with van der Waals surface area (Å²) in [6.07, 6.45) is 0. The third kappa shape index (κ3) is 4.27. The molecule has 0 bridgehead atoms. The molecule has 0 aliphatic carbocycles. The molecule has 0 fully saturated rings. The second-order valence-corrected chi connectivity index (χ2v) is 8.90. The van der Waals surface area contributed by atoms with Gasteiger partial charge in [-0.2, -0.15) is 0 Å². The molecule has 3 nitrogen and oxygen atoms in total. The van der Waals surface area contributed by atoms with E-state index in [-0.39, 0.29) is 0 Å². The molecule has 1 aromatic carbocycles. The van der Waals surface area contributed by atoms with E-state index in [1.54, 1.807) is 23.1 Å². The lowest BCUT2D eigenvalue weighted by molar-refractivity contribution is 0.555. The second kappa shape index (κ2) is 7.94. The summed E-state index contributed by atoms with van der Waals surface area (Å²) >= 11 is 9.57. The third-order valence-electron chi connectivity index (χ3n) is 3.88. The molecular weight excluding hydrogens is 370 g/mol. The number of benzene rings is 1. The highest BCUT2D eigenvalue weighted by Gasteiger charge is 2.18. The normalized spacial score (nSPS) is 11.6. The van der Waals surface area contributed by atoms with E-state index in [9.17, 15) is 0 Å². The van der Waals surface area contributed by atoms with Crippen LogP contribution < -0.4 is 0 Å². The Morgan fingerprint density at radius 3 is 2.60 bits per heavy atom. The molecule has 2 aromatic heterocycles. The van der Waals surface area contributed by atoms with Crippen LogP contribution in [-0.2, 0) is 5.75 Å². The van der Waals surface area contributed by atoms with Gasteiger partial charge in [0.1, 0.15) is 0 Å². The van der Waals surface area contributed by atoms with Gasteiger partial charge in [0.05, 0.1) is 0 Å². The van der Waals surface area contributed by atoms with Crippen molar-refractivity contribution in [2.24, 2.45) is 0 Å². The molecule has 3 aromatic rings. The number of hydrogen-bond acceptors (Lipinski definition) is 4. The molecule has 0 spiro atoms. The van der Waals surface area contributed by atoms with Crippen LogP contribution >= 0.6 is 34.7 Å². The van der Waals surface area contributed by atoms with Gasteiger partial charge in [0.15, 0.2) is 11.0 Å². The Morgan fingerprint density at radius 1 is 1.16 bits per heavy atom. The minimum absolute atomic E-state index is 0.300. The first-order valence-corrected chi connectivity index (χ1v) is 10.6. The van der Waals surface area contributed by atoms with Crippen LogP contribution in [0.2, 0.25) is 5.02 Å². The zero-order chi connectivity index (χ0) is 18.0. The summed E-state index contributed by atoms with van der Waals surface area (Å²) in [5, 5.41) is 12.8. The van der Waals surface area contributed by atoms with Crippen molar-refractivity contribution in [2.45, 2.75) is 50.6 Å². The van der Waals surface area contributed by atoms with Crippen LogP contribution in [0.4, 0.5) is 0 Å². The predicted octanol–water partition coefficient (Wildman–Crippen LogP) is 6.66. The summed E-state index contributed by atoms with van der Waals surface area (Å²) in [5.74, 6) is 2.31. The van der Waals surface area contributed by atoms with Gasteiger partial charge in [0.2, 0.25) is 0 Å². The van der Waals surface area contributed by atoms with Gasteiger partial charge >= 0.3 is 0 Å². The van der Waals surface area contributed by atoms with Crippen LogP contribution in [0, 0.1) is 0 Å². The Balaban J connectivity index is 1.86. The standard InChI is InChI=1S/C19H22ClN3S2/c1-12(2)17-9-15(11-24-17)18-21-22-19(23(18)13(3)4)25-10-14-6-5-7-16(20)8-14/h5-9,11-13H,10H2,1-4H3. The molecule has 0 radical (unpaired) electrons. The first-order chi connectivity index (χ1) is 12.0. The van der Waals surface area contributed by atoms with Gasteiger partial charge in [-0.15, -0.1) is 21.5 Å². The van der Waals surface area contributed by atoms with E-state index in [1.807, 2.05) is 18.2 Å². The fraction of sp³-hybridized carbons (Fsp3) is 0.368. The predicted molar refractivity (Wildman–Crippen MR) is 109 cm³/mol. The van der Waals surface area contributed by atoms with Crippen molar-refractivity contribution in [3.63, 3.8) is 0 Å². The highest BCUT2D eigenvalue weighted by atomic mass is 35.5. The Labute approximate surface area is 162 Å². The van der Waals surface area contributed by atoms with Gasteiger partial charge in [0, 0.05) is 32.6 Å². The average molecular weight is 392 g/mol. The summed E-state index contributed by atoms with van der Waals surface area (Å²) in [5.41, 5.74) is 2.35. The maximum Gasteiger partial charge on any atom is 0.192 e. The van der Waals surface area contributed by atoms with Crippen LogP contribution in [0.5, 0.6) is 0 Å². The van der Waals surface area contributed by atoms with Crippen LogP contribution in [0.15, 0.2) is 40.9 Å². The molecule has 0 aliphatic heterocycles. The number of halogens is 1. The Hall–Kier alpha value is -1.30. The first kappa shape index (κ1) is 18.5. The van der Waals surface area contributed by atoms with Crippen LogP contribution in [-0.4, -0.2) is 14.8 Å². The molecule has 132 valence electrons. The number of hydrogen-bond donors (Lipinski definition) is 0. The fourth-order valence-corrected chi connectivity index (χ4v) is 4.71. The molecule has 2 heterocycles. The molecule has 6 heteroatoms. The average Bonchev–Trinajstić information content (AvgIpc) is 3.19. The number of rotatable bonds is 6. The van der Waals surface area contributed by atoms with Crippen LogP contribution in [0.3, 0.4) is 0 Å². The van der Waals surface area contributed by atoms with Crippen molar-refractivity contribution in [3.8, 4) is 11.4 Å². The highest BCUT2D eigenvalue weighted by Crippen LogP contribution is 2.33. The molecule has 25 heavy (non-hydrogen) atoms. The Kier molecular flexibility index (Phi) is 5.87. The molecule has 0 aliphatic rings. The van der Waals surface area contributed by atoms with Gasteiger partial charge in [-0.1, -0.05) is 49.3 Å². The van der Waals surface area contributed by atoms with E-state index < -0.39 is 0 Å². The Bertz CT molecular complexity index is 852. The molecule has 3 rings (SSSR count). The lowest BCUT2D eigenvalue weighted by Gasteiger charge is -2.13. The van der Waals surface area contributed by atoms with E-state index in [2.05, 4.69) is 60.0 Å². The van der Waals surface area contributed by atoms with Gasteiger partial charge in [-0.25, -0.2) is 0 Å². The topological polar surface area (TPSA) is 30.7 Å². The number of thioether (sulfide) groups is 1. The molecule has 0 N–H and O–H groups in total. The lowest BCUT2D eigenvalue weighted by Crippen LogP contribution is -2.04. The van der Waals surface area contributed by atoms with E-state index in [0.717, 1.165) is 27.3 Å². The van der Waals surface area contributed by atoms with E-state index in [1.165, 1.54) is 10.4 Å². The minimum Gasteiger partial charge on any atom is -0.299 e. The number of thiophene rings is 1. The van der Waals surface area contributed by atoms with E-state index in [0.29, 0.717) is 12.0 Å². The van der Waals surface area contributed by atoms with Crippen LogP contribution in [0.1, 0.15) is 50.1 Å². The van der Waals surface area contributed by atoms with Crippen molar-refractivity contribution in [1.82, 2.24) is 14.8 Å². The zero-order valence-electron chi connectivity index (χ0n) is 14.9. The summed E-state index contributed by atoms with van der Waals surface area (Å²) in [4.78, 5) is 1.38. The quantitative estimate of drug-likeness (QED) is 0.440. The summed E-state index contributed by atoms with van der Waals surface area (Å²) in [6.45, 7) is 8.78. The fourth-order valence-electron chi connectivity index (χ4n) is 2.59. The van der Waals surface area contributed by atoms with E-state index >= 15 is 0 Å². The maximum atomic E-state index is 6.08. The molecule has 0 atom stereocenters. The van der Waals surface area contributed by atoms with Crippen molar-refractivity contribution in [3.05, 3.63) is 51.2 Å². The van der Waals surface area contributed by atoms with Crippen molar-refractivity contribution >= 4 is 34.7 Å². The summed E-state index contributed by atoms with van der Waals surface area (Å²) in [6, 6.07) is 10.5. The maximum absolute atomic E-state index is 6.08. The molecular formula is C19H22ClN3S2. The summed E-state index contributed by atoms with van der Waals surface area (Å²) < 4.78 is 2.22. The second-order valence-electron chi connectivity index (χ2n) is 6.58. The van der Waals surface area contributed by atoms with Gasteiger partial charge in [-0.3, -0.25) is 4.57 Å². The number of nitrogens with zero attached hydrogens (tertiary/aromatic N) is 3. The molecule has 0 saturated carbocycles. The largest absolute Gasteiger partial charge is 0.299 e. The molecule has 0 unspecified atom stereocenters. The van der Waals surface area contributed by atoms with Crippen LogP contribution in [0.25, 0.3) is 11.4 Å². The molecule has 0 saturated heterocycles. The number of aromatic nitrogens is 3. The van der Waals surface area contributed by atoms with Gasteiger partial charge < -0.3 is 0 Å². The molecule has 0 amide bonds. The SMILES string of the molecule is CC(C)c1cc(-c2nnc(SCc3cccc(Cl)c3)n2C(C)C)cs1. The Morgan fingerprint density at radius 2 is 1.96 bits per heavy atom. The highest BCUT2D eigenvalue weighted by molar-refractivity contribution is 7.98. The minimum atomic E-state index is 0.300. The van der Waals surface area contributed by atoms with Gasteiger partial charge in [0.25, 0.3) is 0 Å². The summed E-state index contributed by atoms with van der Waals surface area (Å²) in [7, 11) is 0. The smallest absolute Gasteiger partial charge is 0.192 e. The van der Waals surface area contributed by atoms with Crippen molar-refractivity contribution in [1.29, 1.82) is 0 Å². The van der Waals surface area contributed by atoms with E-state index in [4.69, 9.17) is 11.6 Å². The van der Waals surface area contributed by atoms with Crippen molar-refractivity contribution < 1.29 is 0 Å². The van der Waals surface area contributed by atoms with Gasteiger partial charge in [-0.05, 0) is 43.5 Å². The lowest BCUT2D eigenvalue weighted by atomic mass is 10.1. The first-order valence-electron chi connectivity index (χ1n) is 8.36. The zero-order valence-corrected chi connectivity index (χ0v) is 17.3.